The van der Waals surface area contributed by atoms with Crippen molar-refractivity contribution in [2.45, 2.75) is 26.9 Å². The van der Waals surface area contributed by atoms with Crippen molar-refractivity contribution in [2.75, 3.05) is 11.5 Å². The molecule has 4 rings (SSSR count). The summed E-state index contributed by atoms with van der Waals surface area (Å²) in [7, 11) is 0. The summed E-state index contributed by atoms with van der Waals surface area (Å²) in [4.78, 5) is 39.5. The van der Waals surface area contributed by atoms with E-state index in [4.69, 9.17) is 21.1 Å². The lowest BCUT2D eigenvalue weighted by molar-refractivity contribution is -0.122. The highest BCUT2D eigenvalue weighted by molar-refractivity contribution is 6.39. The number of ether oxygens (including phenoxy) is 2. The van der Waals surface area contributed by atoms with Crippen LogP contribution in [0.1, 0.15) is 30.5 Å². The van der Waals surface area contributed by atoms with E-state index in [9.17, 15) is 18.8 Å². The Kier molecular flexibility index (Phi) is 7.89. The second kappa shape index (κ2) is 11.3. The van der Waals surface area contributed by atoms with Crippen LogP contribution in [0.2, 0.25) is 5.02 Å². The van der Waals surface area contributed by atoms with Gasteiger partial charge in [0.25, 0.3) is 11.8 Å². The molecule has 0 atom stereocenters. The summed E-state index contributed by atoms with van der Waals surface area (Å²) in [6.45, 7) is 3.87. The van der Waals surface area contributed by atoms with Gasteiger partial charge in [-0.05, 0) is 54.8 Å². The van der Waals surface area contributed by atoms with Gasteiger partial charge in [-0.15, -0.1) is 0 Å². The van der Waals surface area contributed by atoms with Crippen LogP contribution in [0.5, 0.6) is 11.5 Å². The highest BCUT2D eigenvalue weighted by Gasteiger charge is 2.37. The number of urea groups is 1. The van der Waals surface area contributed by atoms with E-state index >= 15 is 0 Å². The maximum absolute atomic E-state index is 14.0. The maximum Gasteiger partial charge on any atom is 0.335 e. The first kappa shape index (κ1) is 25.9. The number of carbonyl (C=O) groups is 3. The molecule has 37 heavy (non-hydrogen) atoms. The summed E-state index contributed by atoms with van der Waals surface area (Å²) in [5.74, 6) is -1.55. The first-order valence-electron chi connectivity index (χ1n) is 11.7. The molecule has 7 nitrogen and oxygen atoms in total. The third-order valence-electron chi connectivity index (χ3n) is 5.69. The average Bonchev–Trinajstić information content (AvgIpc) is 2.87. The van der Waals surface area contributed by atoms with E-state index < -0.39 is 23.7 Å². The molecule has 0 saturated carbocycles. The van der Waals surface area contributed by atoms with E-state index in [1.165, 1.54) is 18.2 Å². The number of hydrogen-bond donors (Lipinski definition) is 1. The molecule has 0 spiro atoms. The van der Waals surface area contributed by atoms with Gasteiger partial charge in [0, 0.05) is 5.56 Å². The predicted molar refractivity (Wildman–Crippen MR) is 138 cm³/mol. The monoisotopic (exact) mass is 522 g/mol. The Morgan fingerprint density at radius 3 is 2.38 bits per heavy atom. The first-order chi connectivity index (χ1) is 17.8. The zero-order valence-electron chi connectivity index (χ0n) is 20.2. The van der Waals surface area contributed by atoms with E-state index in [1.54, 1.807) is 43.3 Å². The SMILES string of the molecule is CCOc1cc(/C=C2/C(=O)NC(=O)N(c3ccccc3CC)C2=O)cc(Cl)c1OCc1ccccc1F. The molecule has 1 aliphatic rings. The molecular weight excluding hydrogens is 499 g/mol. The number of carbonyl (C=O) groups excluding carboxylic acids is 3. The van der Waals surface area contributed by atoms with Gasteiger partial charge in [0.1, 0.15) is 18.0 Å². The van der Waals surface area contributed by atoms with Crippen LogP contribution in [-0.4, -0.2) is 24.5 Å². The van der Waals surface area contributed by atoms with E-state index in [1.807, 2.05) is 19.1 Å². The maximum atomic E-state index is 14.0. The van der Waals surface area contributed by atoms with Gasteiger partial charge in [-0.2, -0.15) is 0 Å². The molecule has 1 N–H and O–H groups in total. The largest absolute Gasteiger partial charge is 0.490 e. The van der Waals surface area contributed by atoms with Gasteiger partial charge < -0.3 is 9.47 Å². The number of benzene rings is 3. The Balaban J connectivity index is 1.68. The van der Waals surface area contributed by atoms with E-state index in [0.717, 1.165) is 10.5 Å². The van der Waals surface area contributed by atoms with Crippen molar-refractivity contribution in [3.63, 3.8) is 0 Å². The molecule has 3 aromatic carbocycles. The Morgan fingerprint density at radius 1 is 0.973 bits per heavy atom. The van der Waals surface area contributed by atoms with Crippen LogP contribution >= 0.6 is 11.6 Å². The van der Waals surface area contributed by atoms with Crippen LogP contribution < -0.4 is 19.7 Å². The Morgan fingerprint density at radius 2 is 1.68 bits per heavy atom. The Labute approximate surface area is 218 Å². The predicted octanol–water partition coefficient (Wildman–Crippen LogP) is 5.69. The molecule has 1 fully saturated rings. The molecule has 1 aliphatic heterocycles. The molecule has 190 valence electrons. The number of barbiturate groups is 1. The summed E-state index contributed by atoms with van der Waals surface area (Å²) in [5, 5.41) is 2.36. The lowest BCUT2D eigenvalue weighted by Gasteiger charge is -2.28. The molecule has 9 heteroatoms. The van der Waals surface area contributed by atoms with Gasteiger partial charge in [0.15, 0.2) is 11.5 Å². The van der Waals surface area contributed by atoms with E-state index in [2.05, 4.69) is 5.32 Å². The highest BCUT2D eigenvalue weighted by Crippen LogP contribution is 2.38. The fourth-order valence-electron chi connectivity index (χ4n) is 3.91. The molecule has 0 unspecified atom stereocenters. The van der Waals surface area contributed by atoms with Crippen LogP contribution in [0.15, 0.2) is 66.2 Å². The topological polar surface area (TPSA) is 84.9 Å². The van der Waals surface area contributed by atoms with Gasteiger partial charge in [0.05, 0.1) is 17.3 Å². The number of aryl methyl sites for hydroxylation is 1. The third-order valence-corrected chi connectivity index (χ3v) is 5.97. The Hall–Kier alpha value is -4.17. The normalized spacial score (nSPS) is 14.6. The molecule has 0 bridgehead atoms. The molecule has 0 radical (unpaired) electrons. The molecule has 0 aromatic heterocycles. The van der Waals surface area contributed by atoms with Gasteiger partial charge in [-0.25, -0.2) is 14.1 Å². The van der Waals surface area contributed by atoms with Gasteiger partial charge in [0.2, 0.25) is 0 Å². The van der Waals surface area contributed by atoms with Crippen molar-refractivity contribution >= 4 is 41.2 Å². The third kappa shape index (κ3) is 5.49. The van der Waals surface area contributed by atoms with Crippen LogP contribution in [-0.2, 0) is 22.6 Å². The number of anilines is 1. The number of rotatable bonds is 8. The fraction of sp³-hybridized carbons (Fsp3) is 0.179. The van der Waals surface area contributed by atoms with Gasteiger partial charge >= 0.3 is 6.03 Å². The Bertz CT molecular complexity index is 1410. The molecule has 4 amide bonds. The number of hydrogen-bond acceptors (Lipinski definition) is 5. The lowest BCUT2D eigenvalue weighted by Crippen LogP contribution is -2.54. The minimum atomic E-state index is -0.825. The quantitative estimate of drug-likeness (QED) is 0.304. The number of nitrogens with zero attached hydrogens (tertiary/aromatic N) is 1. The molecule has 0 aliphatic carbocycles. The highest BCUT2D eigenvalue weighted by atomic mass is 35.5. The zero-order valence-corrected chi connectivity index (χ0v) is 21.0. The van der Waals surface area contributed by atoms with E-state index in [0.29, 0.717) is 23.2 Å². The summed E-state index contributed by atoms with van der Waals surface area (Å²) in [6, 6.07) is 15.4. The van der Waals surface area contributed by atoms with Crippen LogP contribution in [0.3, 0.4) is 0 Å². The van der Waals surface area contributed by atoms with Crippen molar-refractivity contribution in [3.05, 3.63) is 93.8 Å². The number of halogens is 2. The molecular formula is C28H24ClFN2O5. The second-order valence-electron chi connectivity index (χ2n) is 8.08. The zero-order chi connectivity index (χ0) is 26.5. The fourth-order valence-corrected chi connectivity index (χ4v) is 4.18. The van der Waals surface area contributed by atoms with E-state index in [-0.39, 0.29) is 35.3 Å². The summed E-state index contributed by atoms with van der Waals surface area (Å²) in [6.07, 6.45) is 1.92. The summed E-state index contributed by atoms with van der Waals surface area (Å²) < 4.78 is 25.5. The molecule has 1 heterocycles. The summed E-state index contributed by atoms with van der Waals surface area (Å²) in [5.41, 5.74) is 1.65. The van der Waals surface area contributed by atoms with Crippen molar-refractivity contribution in [1.82, 2.24) is 5.32 Å². The number of nitrogens with one attached hydrogen (secondary N) is 1. The second-order valence-corrected chi connectivity index (χ2v) is 8.49. The smallest absolute Gasteiger partial charge is 0.335 e. The number of amides is 4. The van der Waals surface area contributed by atoms with Crippen molar-refractivity contribution in [3.8, 4) is 11.5 Å². The molecule has 1 saturated heterocycles. The molecule has 3 aromatic rings. The van der Waals surface area contributed by atoms with Crippen LogP contribution in [0, 0.1) is 5.82 Å². The standard InChI is InChI=1S/C28H24ClFN2O5/c1-3-18-9-6-8-12-23(18)32-27(34)20(26(33)31-28(32)35)13-17-14-21(29)25(24(15-17)36-4-2)37-16-19-10-5-7-11-22(19)30/h5-15H,3-4,16H2,1-2H3,(H,31,33,35)/b20-13-. The lowest BCUT2D eigenvalue weighted by atomic mass is 10.0. The van der Waals surface area contributed by atoms with Gasteiger partial charge in [-0.3, -0.25) is 14.9 Å². The van der Waals surface area contributed by atoms with Crippen molar-refractivity contribution in [1.29, 1.82) is 0 Å². The minimum absolute atomic E-state index is 0.0816. The van der Waals surface area contributed by atoms with Crippen molar-refractivity contribution < 1.29 is 28.2 Å². The van der Waals surface area contributed by atoms with Crippen LogP contribution in [0.25, 0.3) is 6.08 Å². The average molecular weight is 523 g/mol. The first-order valence-corrected chi connectivity index (χ1v) is 12.0. The number of para-hydroxylation sites is 1. The van der Waals surface area contributed by atoms with Crippen LogP contribution in [0.4, 0.5) is 14.9 Å². The van der Waals surface area contributed by atoms with Crippen molar-refractivity contribution in [2.24, 2.45) is 0 Å². The number of imide groups is 2. The minimum Gasteiger partial charge on any atom is -0.490 e. The van der Waals surface area contributed by atoms with Gasteiger partial charge in [-0.1, -0.05) is 54.9 Å². The summed E-state index contributed by atoms with van der Waals surface area (Å²) >= 11 is 6.48.